The highest BCUT2D eigenvalue weighted by Crippen LogP contribution is 2.15. The maximum Gasteiger partial charge on any atom is 0.205 e. The summed E-state index contributed by atoms with van der Waals surface area (Å²) in [5, 5.41) is 22.0. The molecule has 22 heavy (non-hydrogen) atoms. The van der Waals surface area contributed by atoms with Crippen LogP contribution in [0.15, 0.2) is 29.4 Å². The standard InChI is InChI=1S/C15H15IN6/c16-11-5-7-12(8-6-11)18-19-13(10-17)15-21-20-14-4-2-1-3-9-22(14)15/h5-8,18H,1-4,9H2/b19-13-. The van der Waals surface area contributed by atoms with Crippen molar-refractivity contribution in [1.82, 2.24) is 14.8 Å². The lowest BCUT2D eigenvalue weighted by atomic mass is 10.2. The Balaban J connectivity index is 1.85. The minimum absolute atomic E-state index is 0.263. The predicted molar refractivity (Wildman–Crippen MR) is 92.5 cm³/mol. The predicted octanol–water partition coefficient (Wildman–Crippen LogP) is 2.95. The van der Waals surface area contributed by atoms with E-state index in [-0.39, 0.29) is 5.71 Å². The van der Waals surface area contributed by atoms with Crippen molar-refractivity contribution in [3.05, 3.63) is 39.5 Å². The van der Waals surface area contributed by atoms with E-state index in [9.17, 15) is 5.26 Å². The van der Waals surface area contributed by atoms with Crippen molar-refractivity contribution in [2.45, 2.75) is 32.2 Å². The van der Waals surface area contributed by atoms with Gasteiger partial charge < -0.3 is 4.57 Å². The highest BCUT2D eigenvalue weighted by molar-refractivity contribution is 14.1. The van der Waals surface area contributed by atoms with Crippen molar-refractivity contribution < 1.29 is 0 Å². The first kappa shape index (κ1) is 15.0. The minimum atomic E-state index is 0.263. The molecular weight excluding hydrogens is 391 g/mol. The van der Waals surface area contributed by atoms with E-state index in [0.29, 0.717) is 5.82 Å². The molecule has 0 amide bonds. The molecular formula is C15H15IN6. The number of rotatable bonds is 3. The highest BCUT2D eigenvalue weighted by atomic mass is 127. The van der Waals surface area contributed by atoms with Gasteiger partial charge in [-0.3, -0.25) is 5.43 Å². The monoisotopic (exact) mass is 406 g/mol. The molecule has 1 aromatic carbocycles. The summed E-state index contributed by atoms with van der Waals surface area (Å²) in [6.07, 6.45) is 4.30. The van der Waals surface area contributed by atoms with Gasteiger partial charge in [0.25, 0.3) is 0 Å². The lowest BCUT2D eigenvalue weighted by molar-refractivity contribution is 0.628. The van der Waals surface area contributed by atoms with Gasteiger partial charge >= 0.3 is 0 Å². The fourth-order valence-corrected chi connectivity index (χ4v) is 2.79. The highest BCUT2D eigenvalue weighted by Gasteiger charge is 2.18. The third kappa shape index (κ3) is 3.27. The zero-order chi connectivity index (χ0) is 15.4. The molecule has 0 saturated heterocycles. The molecule has 0 unspecified atom stereocenters. The van der Waals surface area contributed by atoms with Gasteiger partial charge in [0.05, 0.1) is 5.69 Å². The van der Waals surface area contributed by atoms with Crippen LogP contribution < -0.4 is 5.43 Å². The van der Waals surface area contributed by atoms with Crippen molar-refractivity contribution in [2.24, 2.45) is 5.10 Å². The second kappa shape index (κ2) is 6.87. The summed E-state index contributed by atoms with van der Waals surface area (Å²) in [7, 11) is 0. The van der Waals surface area contributed by atoms with Crippen molar-refractivity contribution in [2.75, 3.05) is 5.43 Å². The van der Waals surface area contributed by atoms with Crippen LogP contribution in [-0.4, -0.2) is 20.5 Å². The van der Waals surface area contributed by atoms with Gasteiger partial charge in [-0.1, -0.05) is 6.42 Å². The van der Waals surface area contributed by atoms with E-state index < -0.39 is 0 Å². The Morgan fingerprint density at radius 3 is 2.82 bits per heavy atom. The SMILES string of the molecule is N#C/C(=N/Nc1ccc(I)cc1)c1nnc2n1CCCCC2. The van der Waals surface area contributed by atoms with E-state index in [0.717, 1.165) is 40.9 Å². The first-order valence-corrected chi connectivity index (χ1v) is 8.27. The summed E-state index contributed by atoms with van der Waals surface area (Å²) >= 11 is 2.24. The second-order valence-corrected chi connectivity index (χ2v) is 6.34. The molecule has 7 heteroatoms. The lowest BCUT2D eigenvalue weighted by Gasteiger charge is -2.05. The number of halogens is 1. The topological polar surface area (TPSA) is 78.9 Å². The molecule has 2 heterocycles. The summed E-state index contributed by atoms with van der Waals surface area (Å²) in [6.45, 7) is 0.849. The Hall–Kier alpha value is -1.95. The Kier molecular flexibility index (Phi) is 4.68. The fourth-order valence-electron chi connectivity index (χ4n) is 2.43. The normalized spacial score (nSPS) is 14.8. The van der Waals surface area contributed by atoms with Gasteiger partial charge in [0.15, 0.2) is 5.82 Å². The Labute approximate surface area is 142 Å². The van der Waals surface area contributed by atoms with Gasteiger partial charge in [0.1, 0.15) is 11.9 Å². The third-order valence-corrected chi connectivity index (χ3v) is 4.29. The first-order valence-electron chi connectivity index (χ1n) is 7.20. The average molecular weight is 406 g/mol. The molecule has 1 aromatic heterocycles. The zero-order valence-electron chi connectivity index (χ0n) is 12.0. The summed E-state index contributed by atoms with van der Waals surface area (Å²) in [4.78, 5) is 0. The summed E-state index contributed by atoms with van der Waals surface area (Å²) in [6, 6.07) is 9.92. The molecule has 1 N–H and O–H groups in total. The van der Waals surface area contributed by atoms with Gasteiger partial charge in [-0.15, -0.1) is 10.2 Å². The van der Waals surface area contributed by atoms with E-state index >= 15 is 0 Å². The van der Waals surface area contributed by atoms with Crippen LogP contribution >= 0.6 is 22.6 Å². The number of nitriles is 1. The van der Waals surface area contributed by atoms with Crippen LogP contribution in [0, 0.1) is 14.9 Å². The molecule has 0 radical (unpaired) electrons. The summed E-state index contributed by atoms with van der Waals surface area (Å²) in [5.74, 6) is 1.50. The number of anilines is 1. The number of aromatic nitrogens is 3. The van der Waals surface area contributed by atoms with Crippen LogP contribution in [-0.2, 0) is 13.0 Å². The molecule has 112 valence electrons. The number of hydrogen-bond donors (Lipinski definition) is 1. The molecule has 0 spiro atoms. The molecule has 1 aliphatic heterocycles. The number of aryl methyl sites for hydroxylation is 1. The summed E-state index contributed by atoms with van der Waals surface area (Å²) < 4.78 is 3.17. The fraction of sp³-hybridized carbons (Fsp3) is 0.333. The van der Waals surface area contributed by atoms with Gasteiger partial charge in [-0.2, -0.15) is 10.4 Å². The minimum Gasteiger partial charge on any atom is -0.309 e. The maximum atomic E-state index is 9.39. The quantitative estimate of drug-likeness (QED) is 0.483. The van der Waals surface area contributed by atoms with E-state index in [4.69, 9.17) is 0 Å². The van der Waals surface area contributed by atoms with Gasteiger partial charge in [0.2, 0.25) is 5.71 Å². The van der Waals surface area contributed by atoms with Crippen LogP contribution in [0.2, 0.25) is 0 Å². The maximum absolute atomic E-state index is 9.39. The van der Waals surface area contributed by atoms with Crippen molar-refractivity contribution in [1.29, 1.82) is 5.26 Å². The molecule has 0 bridgehead atoms. The van der Waals surface area contributed by atoms with E-state index in [2.05, 4.69) is 49.4 Å². The Morgan fingerprint density at radius 2 is 2.05 bits per heavy atom. The van der Waals surface area contributed by atoms with Gasteiger partial charge in [-0.25, -0.2) is 0 Å². The van der Waals surface area contributed by atoms with E-state index in [1.165, 1.54) is 6.42 Å². The number of benzene rings is 1. The van der Waals surface area contributed by atoms with Crippen molar-refractivity contribution in [3.63, 3.8) is 0 Å². The number of nitrogens with zero attached hydrogens (tertiary/aromatic N) is 5. The summed E-state index contributed by atoms with van der Waals surface area (Å²) in [5.41, 5.74) is 4.01. The average Bonchev–Trinajstić information content (AvgIpc) is 2.79. The van der Waals surface area contributed by atoms with E-state index in [1.54, 1.807) is 0 Å². The third-order valence-electron chi connectivity index (χ3n) is 3.57. The number of hydrogen-bond acceptors (Lipinski definition) is 5. The smallest absolute Gasteiger partial charge is 0.205 e. The Morgan fingerprint density at radius 1 is 1.23 bits per heavy atom. The zero-order valence-corrected chi connectivity index (χ0v) is 14.1. The van der Waals surface area contributed by atoms with Crippen LogP contribution in [0.5, 0.6) is 0 Å². The van der Waals surface area contributed by atoms with Crippen LogP contribution in [0.25, 0.3) is 0 Å². The second-order valence-electron chi connectivity index (χ2n) is 5.09. The van der Waals surface area contributed by atoms with Crippen molar-refractivity contribution >= 4 is 34.0 Å². The number of nitrogens with one attached hydrogen (secondary N) is 1. The van der Waals surface area contributed by atoms with Crippen LogP contribution in [0.1, 0.15) is 30.9 Å². The number of fused-ring (bicyclic) bond motifs is 1. The molecule has 2 aromatic rings. The number of hydrazone groups is 1. The van der Waals surface area contributed by atoms with Crippen molar-refractivity contribution in [3.8, 4) is 6.07 Å². The largest absolute Gasteiger partial charge is 0.309 e. The molecule has 6 nitrogen and oxygen atoms in total. The van der Waals surface area contributed by atoms with E-state index in [1.807, 2.05) is 28.8 Å². The first-order chi connectivity index (χ1) is 10.8. The molecule has 1 aliphatic rings. The van der Waals surface area contributed by atoms with Crippen LogP contribution in [0.4, 0.5) is 5.69 Å². The molecule has 0 saturated carbocycles. The van der Waals surface area contributed by atoms with Crippen LogP contribution in [0.3, 0.4) is 0 Å². The Bertz CT molecular complexity index is 725. The van der Waals surface area contributed by atoms with Gasteiger partial charge in [-0.05, 0) is 59.7 Å². The molecule has 0 atom stereocenters. The molecule has 0 aliphatic carbocycles. The molecule has 0 fully saturated rings. The lowest BCUT2D eigenvalue weighted by Crippen LogP contribution is -2.12. The molecule has 3 rings (SSSR count). The van der Waals surface area contributed by atoms with Gasteiger partial charge in [0, 0.05) is 16.5 Å².